The summed E-state index contributed by atoms with van der Waals surface area (Å²) in [7, 11) is 0. The summed E-state index contributed by atoms with van der Waals surface area (Å²) in [6, 6.07) is 15.4. The van der Waals surface area contributed by atoms with Gasteiger partial charge in [-0.25, -0.2) is 9.49 Å². The van der Waals surface area contributed by atoms with Crippen molar-refractivity contribution in [2.24, 2.45) is 0 Å². The molecule has 126 valence electrons. The second-order valence-corrected chi connectivity index (χ2v) is 5.20. The number of hydrogen-bond donors (Lipinski definition) is 2. The Hall–Kier alpha value is -3.48. The van der Waals surface area contributed by atoms with E-state index in [1.54, 1.807) is 36.4 Å². The molecular formula is C18H14FN3O3. The van der Waals surface area contributed by atoms with Crippen LogP contribution >= 0.6 is 0 Å². The van der Waals surface area contributed by atoms with Crippen molar-refractivity contribution in [2.45, 2.75) is 6.61 Å². The monoisotopic (exact) mass is 339 g/mol. The number of rotatable bonds is 5. The van der Waals surface area contributed by atoms with Crippen LogP contribution in [0.2, 0.25) is 0 Å². The van der Waals surface area contributed by atoms with Gasteiger partial charge in [0.2, 0.25) is 0 Å². The zero-order valence-electron chi connectivity index (χ0n) is 13.0. The van der Waals surface area contributed by atoms with E-state index < -0.39 is 5.91 Å². The predicted molar refractivity (Wildman–Crippen MR) is 90.0 cm³/mol. The van der Waals surface area contributed by atoms with E-state index in [1.165, 1.54) is 24.3 Å². The zero-order valence-corrected chi connectivity index (χ0v) is 13.0. The number of hydrogen-bond acceptors (Lipinski definition) is 4. The fraction of sp³-hybridized carbons (Fsp3) is 0.0556. The lowest BCUT2D eigenvalue weighted by Crippen LogP contribution is -2.17. The summed E-state index contributed by atoms with van der Waals surface area (Å²) in [6.45, 7) is 0.277. The van der Waals surface area contributed by atoms with Crippen LogP contribution in [-0.2, 0) is 6.61 Å². The van der Waals surface area contributed by atoms with Crippen LogP contribution in [0, 0.1) is 5.82 Å². The molecule has 3 rings (SSSR count). The van der Waals surface area contributed by atoms with E-state index in [0.29, 0.717) is 11.4 Å². The minimum Gasteiger partial charge on any atom is -0.489 e. The summed E-state index contributed by atoms with van der Waals surface area (Å²) < 4.78 is 18.5. The molecule has 0 saturated heterocycles. The number of benzene rings is 2. The number of carbonyl (C=O) groups is 1. The Morgan fingerprint density at radius 3 is 2.64 bits per heavy atom. The molecule has 0 aliphatic heterocycles. The average molecular weight is 339 g/mol. The van der Waals surface area contributed by atoms with E-state index in [9.17, 15) is 14.0 Å². The highest BCUT2D eigenvalue weighted by molar-refractivity contribution is 6.02. The van der Waals surface area contributed by atoms with Crippen LogP contribution in [0.5, 0.6) is 5.75 Å². The lowest BCUT2D eigenvalue weighted by Gasteiger charge is -2.09. The largest absolute Gasteiger partial charge is 0.489 e. The molecule has 0 bridgehead atoms. The topological polar surface area (TPSA) is 84.1 Å². The van der Waals surface area contributed by atoms with Gasteiger partial charge in [0.1, 0.15) is 23.9 Å². The van der Waals surface area contributed by atoms with Crippen LogP contribution in [0.3, 0.4) is 0 Å². The van der Waals surface area contributed by atoms with Gasteiger partial charge in [-0.3, -0.25) is 9.59 Å². The summed E-state index contributed by atoms with van der Waals surface area (Å²) in [5, 5.41) is 8.54. The van der Waals surface area contributed by atoms with E-state index in [2.05, 4.69) is 15.5 Å². The van der Waals surface area contributed by atoms with Gasteiger partial charge in [-0.2, -0.15) is 5.10 Å². The third-order valence-electron chi connectivity index (χ3n) is 3.32. The van der Waals surface area contributed by atoms with Gasteiger partial charge in [-0.15, -0.1) is 0 Å². The van der Waals surface area contributed by atoms with Gasteiger partial charge in [-0.05, 0) is 35.9 Å². The second-order valence-electron chi connectivity index (χ2n) is 5.20. The fourth-order valence-corrected chi connectivity index (χ4v) is 2.08. The number of ether oxygens (including phenoxy) is 1. The van der Waals surface area contributed by atoms with Crippen LogP contribution in [0.1, 0.15) is 16.1 Å². The van der Waals surface area contributed by atoms with E-state index >= 15 is 0 Å². The van der Waals surface area contributed by atoms with Gasteiger partial charge in [0.25, 0.3) is 11.5 Å². The SMILES string of the molecule is O=C(Nc1cccc(OCc2ccc(F)cc2)c1)c1ccc(=O)[nH]n1. The highest BCUT2D eigenvalue weighted by Gasteiger charge is 2.08. The molecule has 0 radical (unpaired) electrons. The number of nitrogens with one attached hydrogen (secondary N) is 2. The number of H-pyrrole nitrogens is 1. The normalized spacial score (nSPS) is 10.3. The number of nitrogens with zero attached hydrogens (tertiary/aromatic N) is 1. The van der Waals surface area contributed by atoms with E-state index in [1.807, 2.05) is 0 Å². The van der Waals surface area contributed by atoms with E-state index in [0.717, 1.165) is 5.56 Å². The van der Waals surface area contributed by atoms with Gasteiger partial charge in [0, 0.05) is 17.8 Å². The summed E-state index contributed by atoms with van der Waals surface area (Å²) in [6.07, 6.45) is 0. The first-order chi connectivity index (χ1) is 12.1. The Kier molecular flexibility index (Phi) is 4.84. The number of halogens is 1. The molecule has 1 amide bonds. The van der Waals surface area contributed by atoms with Crippen molar-refractivity contribution in [3.05, 3.63) is 88.1 Å². The van der Waals surface area contributed by atoms with Gasteiger partial charge in [0.15, 0.2) is 0 Å². The maximum atomic E-state index is 12.9. The van der Waals surface area contributed by atoms with Crippen LogP contribution in [0.15, 0.2) is 65.5 Å². The zero-order chi connectivity index (χ0) is 17.6. The Balaban J connectivity index is 1.64. The highest BCUT2D eigenvalue weighted by Crippen LogP contribution is 2.19. The van der Waals surface area contributed by atoms with Crippen molar-refractivity contribution in [3.63, 3.8) is 0 Å². The quantitative estimate of drug-likeness (QED) is 0.749. The minimum absolute atomic E-state index is 0.0947. The molecule has 6 nitrogen and oxygen atoms in total. The Labute approximate surface area is 142 Å². The van der Waals surface area contributed by atoms with Crippen molar-refractivity contribution >= 4 is 11.6 Å². The Bertz CT molecular complexity index is 918. The highest BCUT2D eigenvalue weighted by atomic mass is 19.1. The molecule has 25 heavy (non-hydrogen) atoms. The van der Waals surface area contributed by atoms with Crippen molar-refractivity contribution < 1.29 is 13.9 Å². The predicted octanol–water partition coefficient (Wildman–Crippen LogP) is 2.74. The lowest BCUT2D eigenvalue weighted by atomic mass is 10.2. The summed E-state index contributed by atoms with van der Waals surface area (Å²) in [4.78, 5) is 23.0. The molecular weight excluding hydrogens is 325 g/mol. The third-order valence-corrected chi connectivity index (χ3v) is 3.32. The number of aromatic nitrogens is 2. The van der Waals surface area contributed by atoms with Gasteiger partial charge >= 0.3 is 0 Å². The van der Waals surface area contributed by atoms with Gasteiger partial charge in [0.05, 0.1) is 0 Å². The van der Waals surface area contributed by atoms with E-state index in [4.69, 9.17) is 4.74 Å². The standard InChI is InChI=1S/C18H14FN3O3/c19-13-6-4-12(5-7-13)11-25-15-3-1-2-14(10-15)20-18(24)16-8-9-17(23)22-21-16/h1-10H,11H2,(H,20,24)(H,22,23). The molecule has 0 atom stereocenters. The second kappa shape index (κ2) is 7.39. The Morgan fingerprint density at radius 1 is 1.12 bits per heavy atom. The number of aromatic amines is 1. The summed E-state index contributed by atoms with van der Waals surface area (Å²) >= 11 is 0. The molecule has 0 aliphatic carbocycles. The number of amides is 1. The molecule has 1 heterocycles. The molecule has 2 N–H and O–H groups in total. The van der Waals surface area contributed by atoms with Crippen LogP contribution in [0.25, 0.3) is 0 Å². The van der Waals surface area contributed by atoms with Crippen molar-refractivity contribution in [2.75, 3.05) is 5.32 Å². The summed E-state index contributed by atoms with van der Waals surface area (Å²) in [5.74, 6) is -0.201. The first kappa shape index (κ1) is 16.4. The maximum absolute atomic E-state index is 12.9. The first-order valence-electron chi connectivity index (χ1n) is 7.44. The maximum Gasteiger partial charge on any atom is 0.276 e. The summed E-state index contributed by atoms with van der Waals surface area (Å²) in [5.41, 5.74) is 1.06. The number of anilines is 1. The molecule has 0 aliphatic rings. The van der Waals surface area contributed by atoms with Crippen LogP contribution < -0.4 is 15.6 Å². The fourth-order valence-electron chi connectivity index (χ4n) is 2.08. The molecule has 3 aromatic rings. The molecule has 0 spiro atoms. The molecule has 0 fully saturated rings. The van der Waals surface area contributed by atoms with Gasteiger partial charge in [-0.1, -0.05) is 18.2 Å². The van der Waals surface area contributed by atoms with Crippen molar-refractivity contribution in [1.29, 1.82) is 0 Å². The molecule has 1 aromatic heterocycles. The van der Waals surface area contributed by atoms with Crippen LogP contribution in [-0.4, -0.2) is 16.1 Å². The average Bonchev–Trinajstić information content (AvgIpc) is 2.62. The first-order valence-corrected chi connectivity index (χ1v) is 7.44. The molecule has 2 aromatic carbocycles. The minimum atomic E-state index is -0.452. The Morgan fingerprint density at radius 2 is 1.92 bits per heavy atom. The van der Waals surface area contributed by atoms with Crippen molar-refractivity contribution in [3.8, 4) is 5.75 Å². The number of carbonyl (C=O) groups excluding carboxylic acids is 1. The molecule has 0 saturated carbocycles. The third kappa shape index (κ3) is 4.51. The lowest BCUT2D eigenvalue weighted by molar-refractivity contribution is 0.102. The smallest absolute Gasteiger partial charge is 0.276 e. The van der Waals surface area contributed by atoms with Crippen molar-refractivity contribution in [1.82, 2.24) is 10.2 Å². The van der Waals surface area contributed by atoms with E-state index in [-0.39, 0.29) is 23.7 Å². The molecule has 0 unspecified atom stereocenters. The van der Waals surface area contributed by atoms with Gasteiger partial charge < -0.3 is 10.1 Å². The van der Waals surface area contributed by atoms with Crippen LogP contribution in [0.4, 0.5) is 10.1 Å². The molecule has 7 heteroatoms.